The molecule has 0 heterocycles. The van der Waals surface area contributed by atoms with Crippen molar-refractivity contribution in [3.63, 3.8) is 0 Å². The predicted molar refractivity (Wildman–Crippen MR) is 81.2 cm³/mol. The van der Waals surface area contributed by atoms with Crippen molar-refractivity contribution in [2.75, 3.05) is 7.11 Å². The highest BCUT2D eigenvalue weighted by atomic mass is 16.5. The number of hydrogen-bond donors (Lipinski definition) is 1. The monoisotopic (exact) mass is 292 g/mol. The number of benzene rings is 1. The first kappa shape index (κ1) is 15.7. The van der Waals surface area contributed by atoms with Gasteiger partial charge in [-0.3, -0.25) is 4.79 Å². The SMILES string of the molecule is COc1ccc(C(C)(C)CC(=O)O)cc1OC1CCCC1. The van der Waals surface area contributed by atoms with E-state index in [0.29, 0.717) is 5.75 Å². The fourth-order valence-corrected chi connectivity index (χ4v) is 2.86. The zero-order chi connectivity index (χ0) is 15.5. The topological polar surface area (TPSA) is 55.8 Å². The Labute approximate surface area is 126 Å². The minimum atomic E-state index is -0.797. The molecule has 1 aromatic carbocycles. The molecule has 2 rings (SSSR count). The third kappa shape index (κ3) is 3.90. The first-order valence-electron chi connectivity index (χ1n) is 7.49. The molecule has 0 radical (unpaired) electrons. The molecule has 1 aliphatic carbocycles. The maximum Gasteiger partial charge on any atom is 0.304 e. The maximum atomic E-state index is 11.0. The van der Waals surface area contributed by atoms with Gasteiger partial charge in [-0.15, -0.1) is 0 Å². The van der Waals surface area contributed by atoms with Crippen LogP contribution < -0.4 is 9.47 Å². The van der Waals surface area contributed by atoms with E-state index in [4.69, 9.17) is 14.6 Å². The van der Waals surface area contributed by atoms with Gasteiger partial charge >= 0.3 is 5.97 Å². The summed E-state index contributed by atoms with van der Waals surface area (Å²) in [6.45, 7) is 3.87. The van der Waals surface area contributed by atoms with Crippen LogP contribution in [-0.2, 0) is 10.2 Å². The zero-order valence-corrected chi connectivity index (χ0v) is 13.0. The average molecular weight is 292 g/mol. The van der Waals surface area contributed by atoms with Gasteiger partial charge in [0.15, 0.2) is 11.5 Å². The van der Waals surface area contributed by atoms with Crippen LogP contribution in [0.2, 0.25) is 0 Å². The lowest BCUT2D eigenvalue weighted by Crippen LogP contribution is -2.22. The number of hydrogen-bond acceptors (Lipinski definition) is 3. The molecule has 1 aromatic rings. The Hall–Kier alpha value is -1.71. The van der Waals surface area contributed by atoms with Gasteiger partial charge in [-0.2, -0.15) is 0 Å². The number of aliphatic carboxylic acids is 1. The van der Waals surface area contributed by atoms with Crippen LogP contribution in [0.3, 0.4) is 0 Å². The van der Waals surface area contributed by atoms with E-state index in [0.717, 1.165) is 24.2 Å². The molecule has 1 N–H and O–H groups in total. The van der Waals surface area contributed by atoms with Crippen LogP contribution >= 0.6 is 0 Å². The Bertz CT molecular complexity index is 502. The minimum Gasteiger partial charge on any atom is -0.493 e. The van der Waals surface area contributed by atoms with Crippen molar-refractivity contribution in [1.29, 1.82) is 0 Å². The minimum absolute atomic E-state index is 0.0855. The number of rotatable bonds is 6. The number of carboxylic acids is 1. The first-order valence-corrected chi connectivity index (χ1v) is 7.49. The molecule has 0 unspecified atom stereocenters. The van der Waals surface area contributed by atoms with Gasteiger partial charge < -0.3 is 14.6 Å². The molecule has 1 fully saturated rings. The highest BCUT2D eigenvalue weighted by Gasteiger charge is 2.26. The normalized spacial score (nSPS) is 16.0. The summed E-state index contributed by atoms with van der Waals surface area (Å²) in [5.41, 5.74) is 0.519. The van der Waals surface area contributed by atoms with Gasteiger partial charge in [-0.05, 0) is 43.4 Å². The largest absolute Gasteiger partial charge is 0.493 e. The number of carboxylic acid groups (broad SMARTS) is 1. The second kappa shape index (κ2) is 6.37. The predicted octanol–water partition coefficient (Wildman–Crippen LogP) is 3.77. The average Bonchev–Trinajstić information content (AvgIpc) is 2.90. The summed E-state index contributed by atoms with van der Waals surface area (Å²) in [6, 6.07) is 5.71. The number of carbonyl (C=O) groups is 1. The van der Waals surface area contributed by atoms with E-state index in [-0.39, 0.29) is 12.5 Å². The lowest BCUT2D eigenvalue weighted by Gasteiger charge is -2.25. The Balaban J connectivity index is 2.25. The standard InChI is InChI=1S/C17H24O4/c1-17(2,11-16(18)19)12-8-9-14(20-3)15(10-12)21-13-6-4-5-7-13/h8-10,13H,4-7,11H2,1-3H3,(H,18,19). The van der Waals surface area contributed by atoms with Gasteiger partial charge in [0.2, 0.25) is 0 Å². The zero-order valence-electron chi connectivity index (χ0n) is 13.0. The van der Waals surface area contributed by atoms with Crippen molar-refractivity contribution in [3.8, 4) is 11.5 Å². The van der Waals surface area contributed by atoms with Crippen LogP contribution in [0.4, 0.5) is 0 Å². The lowest BCUT2D eigenvalue weighted by atomic mass is 9.81. The number of ether oxygens (including phenoxy) is 2. The van der Waals surface area contributed by atoms with Crippen molar-refractivity contribution in [2.45, 2.75) is 57.5 Å². The summed E-state index contributed by atoms with van der Waals surface area (Å²) < 4.78 is 11.4. The summed E-state index contributed by atoms with van der Waals surface area (Å²) in [7, 11) is 1.62. The molecule has 0 bridgehead atoms. The van der Waals surface area contributed by atoms with E-state index in [9.17, 15) is 4.79 Å². The van der Waals surface area contributed by atoms with Gasteiger partial charge in [-0.25, -0.2) is 0 Å². The third-order valence-corrected chi connectivity index (χ3v) is 4.13. The van der Waals surface area contributed by atoms with Crippen LogP contribution in [0.15, 0.2) is 18.2 Å². The molecule has 0 atom stereocenters. The van der Waals surface area contributed by atoms with Crippen molar-refractivity contribution < 1.29 is 19.4 Å². The number of methoxy groups -OCH3 is 1. The maximum absolute atomic E-state index is 11.0. The van der Waals surface area contributed by atoms with E-state index >= 15 is 0 Å². The molecule has 0 amide bonds. The molecule has 1 saturated carbocycles. The lowest BCUT2D eigenvalue weighted by molar-refractivity contribution is -0.138. The second-order valence-corrected chi connectivity index (χ2v) is 6.34. The summed E-state index contributed by atoms with van der Waals surface area (Å²) in [4.78, 5) is 11.0. The molecule has 0 aliphatic heterocycles. The molecule has 0 spiro atoms. The highest BCUT2D eigenvalue weighted by Crippen LogP contribution is 2.37. The molecule has 116 valence electrons. The Morgan fingerprint density at radius 3 is 2.52 bits per heavy atom. The highest BCUT2D eigenvalue weighted by molar-refractivity contribution is 5.69. The summed E-state index contributed by atoms with van der Waals surface area (Å²) in [5, 5.41) is 9.05. The molecule has 4 heteroatoms. The van der Waals surface area contributed by atoms with E-state index in [1.54, 1.807) is 7.11 Å². The van der Waals surface area contributed by atoms with E-state index in [1.807, 2.05) is 32.0 Å². The van der Waals surface area contributed by atoms with Gasteiger partial charge in [0, 0.05) is 5.41 Å². The Kier molecular flexibility index (Phi) is 4.76. The third-order valence-electron chi connectivity index (χ3n) is 4.13. The van der Waals surface area contributed by atoms with Crippen LogP contribution in [0.25, 0.3) is 0 Å². The Morgan fingerprint density at radius 1 is 1.29 bits per heavy atom. The summed E-state index contributed by atoms with van der Waals surface area (Å²) in [6.07, 6.45) is 4.89. The second-order valence-electron chi connectivity index (χ2n) is 6.34. The fourth-order valence-electron chi connectivity index (χ4n) is 2.86. The van der Waals surface area contributed by atoms with E-state index in [2.05, 4.69) is 0 Å². The van der Waals surface area contributed by atoms with Crippen molar-refractivity contribution >= 4 is 5.97 Å². The first-order chi connectivity index (χ1) is 9.92. The summed E-state index contributed by atoms with van der Waals surface area (Å²) >= 11 is 0. The Morgan fingerprint density at radius 2 is 1.95 bits per heavy atom. The van der Waals surface area contributed by atoms with Crippen molar-refractivity contribution in [2.24, 2.45) is 0 Å². The van der Waals surface area contributed by atoms with Gasteiger partial charge in [-0.1, -0.05) is 19.9 Å². The van der Waals surface area contributed by atoms with Crippen LogP contribution in [-0.4, -0.2) is 24.3 Å². The molecule has 21 heavy (non-hydrogen) atoms. The molecule has 1 aliphatic rings. The molecule has 4 nitrogen and oxygen atoms in total. The van der Waals surface area contributed by atoms with Crippen molar-refractivity contribution in [3.05, 3.63) is 23.8 Å². The molecule has 0 aromatic heterocycles. The van der Waals surface area contributed by atoms with Gasteiger partial charge in [0.25, 0.3) is 0 Å². The van der Waals surface area contributed by atoms with Crippen molar-refractivity contribution in [1.82, 2.24) is 0 Å². The molecular formula is C17H24O4. The molecular weight excluding hydrogens is 268 g/mol. The van der Waals surface area contributed by atoms with Crippen LogP contribution in [0.5, 0.6) is 11.5 Å². The fraction of sp³-hybridized carbons (Fsp3) is 0.588. The van der Waals surface area contributed by atoms with E-state index in [1.165, 1.54) is 12.8 Å². The van der Waals surface area contributed by atoms with Gasteiger partial charge in [0.1, 0.15) is 0 Å². The van der Waals surface area contributed by atoms with E-state index < -0.39 is 11.4 Å². The quantitative estimate of drug-likeness (QED) is 0.867. The summed E-state index contributed by atoms with van der Waals surface area (Å²) in [5.74, 6) is 0.631. The smallest absolute Gasteiger partial charge is 0.304 e. The molecule has 0 saturated heterocycles. The van der Waals surface area contributed by atoms with Crippen LogP contribution in [0, 0.1) is 0 Å². The van der Waals surface area contributed by atoms with Gasteiger partial charge in [0.05, 0.1) is 19.6 Å². The van der Waals surface area contributed by atoms with Crippen LogP contribution in [0.1, 0.15) is 51.5 Å².